The molecule has 0 amide bonds. The summed E-state index contributed by atoms with van der Waals surface area (Å²) in [5, 5.41) is 9.69. The van der Waals surface area contributed by atoms with Gasteiger partial charge in [-0.15, -0.1) is 0 Å². The highest BCUT2D eigenvalue weighted by Crippen LogP contribution is 2.24. The summed E-state index contributed by atoms with van der Waals surface area (Å²) in [6.07, 6.45) is 0.297. The number of likely N-dealkylation sites (tertiary alicyclic amines) is 1. The Morgan fingerprint density at radius 2 is 2.13 bits per heavy atom. The molecule has 2 aliphatic heterocycles. The Kier molecular flexibility index (Phi) is 3.03. The molecule has 0 aromatic rings. The highest BCUT2D eigenvalue weighted by Gasteiger charge is 2.41. The van der Waals surface area contributed by atoms with Gasteiger partial charge in [0.1, 0.15) is 0 Å². The molecule has 88 valence electrons. The molecular formula is C9H18N2O3S. The molecule has 3 N–H and O–H groups in total. The molecule has 2 saturated heterocycles. The zero-order valence-corrected chi connectivity index (χ0v) is 9.49. The van der Waals surface area contributed by atoms with Crippen LogP contribution in [0, 0.1) is 5.92 Å². The largest absolute Gasteiger partial charge is 0.390 e. The number of hydrogen-bond acceptors (Lipinski definition) is 5. The molecular weight excluding hydrogens is 216 g/mol. The first kappa shape index (κ1) is 11.3. The van der Waals surface area contributed by atoms with Gasteiger partial charge in [-0.25, -0.2) is 8.42 Å². The molecule has 6 heteroatoms. The van der Waals surface area contributed by atoms with Crippen LogP contribution in [0.2, 0.25) is 0 Å². The standard InChI is InChI=1S/C9H18N2O3S/c10-3-7-1-2-11(4-7)8-5-15(13,14)6-9(8)12/h7-9,12H,1-6,10H2. The Labute approximate surface area is 90.2 Å². The molecule has 0 saturated carbocycles. The van der Waals surface area contributed by atoms with E-state index >= 15 is 0 Å². The zero-order valence-electron chi connectivity index (χ0n) is 8.67. The normalized spacial score (nSPS) is 41.1. The SMILES string of the molecule is NCC1CCN(C2CS(=O)(=O)CC2O)C1. The second-order valence-electron chi connectivity index (χ2n) is 4.60. The first-order valence-electron chi connectivity index (χ1n) is 5.34. The molecule has 0 bridgehead atoms. The van der Waals surface area contributed by atoms with E-state index in [9.17, 15) is 13.5 Å². The summed E-state index contributed by atoms with van der Waals surface area (Å²) in [7, 11) is -3.03. The minimum Gasteiger partial charge on any atom is -0.390 e. The lowest BCUT2D eigenvalue weighted by Gasteiger charge is -2.25. The lowest BCUT2D eigenvalue weighted by Crippen LogP contribution is -2.42. The lowest BCUT2D eigenvalue weighted by molar-refractivity contribution is 0.0965. The zero-order chi connectivity index (χ0) is 11.1. The predicted molar refractivity (Wildman–Crippen MR) is 57.2 cm³/mol. The topological polar surface area (TPSA) is 83.6 Å². The van der Waals surface area contributed by atoms with Crippen LogP contribution in [-0.4, -0.2) is 61.7 Å². The fourth-order valence-electron chi connectivity index (χ4n) is 2.52. The molecule has 0 aliphatic carbocycles. The van der Waals surface area contributed by atoms with Crippen molar-refractivity contribution in [3.63, 3.8) is 0 Å². The smallest absolute Gasteiger partial charge is 0.154 e. The van der Waals surface area contributed by atoms with E-state index in [4.69, 9.17) is 5.73 Å². The summed E-state index contributed by atoms with van der Waals surface area (Å²) in [4.78, 5) is 2.08. The average molecular weight is 234 g/mol. The van der Waals surface area contributed by atoms with Crippen molar-refractivity contribution in [2.45, 2.75) is 18.6 Å². The maximum absolute atomic E-state index is 11.3. The highest BCUT2D eigenvalue weighted by molar-refractivity contribution is 7.91. The molecule has 3 atom stereocenters. The molecule has 15 heavy (non-hydrogen) atoms. The van der Waals surface area contributed by atoms with Gasteiger partial charge in [0.2, 0.25) is 0 Å². The third-order valence-corrected chi connectivity index (χ3v) is 5.11. The predicted octanol–water partition coefficient (Wildman–Crippen LogP) is -1.58. The fourth-order valence-corrected chi connectivity index (χ4v) is 4.35. The van der Waals surface area contributed by atoms with E-state index in [1.54, 1.807) is 0 Å². The summed E-state index contributed by atoms with van der Waals surface area (Å²) in [5.41, 5.74) is 5.58. The summed E-state index contributed by atoms with van der Waals surface area (Å²) in [5.74, 6) is 0.480. The van der Waals surface area contributed by atoms with E-state index in [0.29, 0.717) is 12.5 Å². The molecule has 2 fully saturated rings. The van der Waals surface area contributed by atoms with Crippen molar-refractivity contribution in [1.29, 1.82) is 0 Å². The van der Waals surface area contributed by atoms with E-state index in [0.717, 1.165) is 19.5 Å². The number of hydrogen-bond donors (Lipinski definition) is 2. The molecule has 3 unspecified atom stereocenters. The number of aliphatic hydroxyl groups is 1. The molecule has 0 aromatic carbocycles. The number of rotatable bonds is 2. The second kappa shape index (κ2) is 4.01. The maximum Gasteiger partial charge on any atom is 0.154 e. The Balaban J connectivity index is 2.01. The van der Waals surface area contributed by atoms with E-state index in [1.165, 1.54) is 0 Å². The van der Waals surface area contributed by atoms with Crippen LogP contribution < -0.4 is 5.73 Å². The van der Waals surface area contributed by atoms with Gasteiger partial charge in [-0.05, 0) is 25.4 Å². The van der Waals surface area contributed by atoms with Crippen LogP contribution >= 0.6 is 0 Å². The van der Waals surface area contributed by atoms with Crippen molar-refractivity contribution in [2.75, 3.05) is 31.1 Å². The first-order chi connectivity index (χ1) is 7.02. The summed E-state index contributed by atoms with van der Waals surface area (Å²) in [6.45, 7) is 2.33. The van der Waals surface area contributed by atoms with Gasteiger partial charge in [0.25, 0.3) is 0 Å². The minimum atomic E-state index is -3.03. The van der Waals surface area contributed by atoms with Crippen LogP contribution in [0.25, 0.3) is 0 Å². The highest BCUT2D eigenvalue weighted by atomic mass is 32.2. The van der Waals surface area contributed by atoms with E-state index in [2.05, 4.69) is 4.90 Å². The van der Waals surface area contributed by atoms with E-state index < -0.39 is 15.9 Å². The number of sulfone groups is 1. The number of nitrogens with two attached hydrogens (primary N) is 1. The quantitative estimate of drug-likeness (QED) is 0.603. The van der Waals surface area contributed by atoms with Gasteiger partial charge in [-0.3, -0.25) is 4.90 Å². The molecule has 0 radical (unpaired) electrons. The van der Waals surface area contributed by atoms with Gasteiger partial charge in [0.05, 0.1) is 23.7 Å². The third kappa shape index (κ3) is 2.33. The molecule has 2 heterocycles. The molecule has 2 rings (SSSR count). The Morgan fingerprint density at radius 3 is 2.60 bits per heavy atom. The monoisotopic (exact) mass is 234 g/mol. The maximum atomic E-state index is 11.3. The molecule has 5 nitrogen and oxygen atoms in total. The summed E-state index contributed by atoms with van der Waals surface area (Å²) < 4.78 is 22.7. The van der Waals surface area contributed by atoms with Crippen LogP contribution in [0.3, 0.4) is 0 Å². The molecule has 2 aliphatic rings. The van der Waals surface area contributed by atoms with Crippen molar-refractivity contribution >= 4 is 9.84 Å². The van der Waals surface area contributed by atoms with Crippen molar-refractivity contribution in [3.05, 3.63) is 0 Å². The second-order valence-corrected chi connectivity index (χ2v) is 6.75. The Bertz CT molecular complexity index is 330. The van der Waals surface area contributed by atoms with Crippen LogP contribution in [-0.2, 0) is 9.84 Å². The van der Waals surface area contributed by atoms with Crippen LogP contribution in [0.5, 0.6) is 0 Å². The van der Waals surface area contributed by atoms with Gasteiger partial charge in [-0.2, -0.15) is 0 Å². The van der Waals surface area contributed by atoms with Gasteiger partial charge in [0, 0.05) is 6.54 Å². The van der Waals surface area contributed by atoms with Crippen molar-refractivity contribution < 1.29 is 13.5 Å². The molecule has 0 aromatic heterocycles. The third-order valence-electron chi connectivity index (χ3n) is 3.41. The van der Waals surface area contributed by atoms with Crippen molar-refractivity contribution in [3.8, 4) is 0 Å². The number of nitrogens with zero attached hydrogens (tertiary/aromatic N) is 1. The lowest BCUT2D eigenvalue weighted by atomic mass is 10.1. The average Bonchev–Trinajstić information content (AvgIpc) is 2.69. The van der Waals surface area contributed by atoms with Gasteiger partial charge in [-0.1, -0.05) is 0 Å². The van der Waals surface area contributed by atoms with Crippen molar-refractivity contribution in [1.82, 2.24) is 4.90 Å². The minimum absolute atomic E-state index is 0.0819. The van der Waals surface area contributed by atoms with Gasteiger partial charge in [0.15, 0.2) is 9.84 Å². The van der Waals surface area contributed by atoms with Crippen molar-refractivity contribution in [2.24, 2.45) is 11.7 Å². The molecule has 0 spiro atoms. The van der Waals surface area contributed by atoms with Gasteiger partial charge < -0.3 is 10.8 Å². The Hall–Kier alpha value is -0.170. The summed E-state index contributed by atoms with van der Waals surface area (Å²) in [6, 6.07) is -0.202. The van der Waals surface area contributed by atoms with Gasteiger partial charge >= 0.3 is 0 Å². The van der Waals surface area contributed by atoms with E-state index in [1.807, 2.05) is 0 Å². The number of aliphatic hydroxyl groups excluding tert-OH is 1. The Morgan fingerprint density at radius 1 is 1.40 bits per heavy atom. The van der Waals surface area contributed by atoms with Crippen LogP contribution in [0.15, 0.2) is 0 Å². The first-order valence-corrected chi connectivity index (χ1v) is 7.16. The summed E-state index contributed by atoms with van der Waals surface area (Å²) >= 11 is 0. The fraction of sp³-hybridized carbons (Fsp3) is 1.00. The van der Waals surface area contributed by atoms with Crippen LogP contribution in [0.1, 0.15) is 6.42 Å². The van der Waals surface area contributed by atoms with E-state index in [-0.39, 0.29) is 17.5 Å². The van der Waals surface area contributed by atoms with Crippen LogP contribution in [0.4, 0.5) is 0 Å².